The van der Waals surface area contributed by atoms with Gasteiger partial charge in [-0.25, -0.2) is 0 Å². The minimum absolute atomic E-state index is 1.04. The van der Waals surface area contributed by atoms with Crippen molar-refractivity contribution < 1.29 is 0 Å². The van der Waals surface area contributed by atoms with Gasteiger partial charge in [-0.05, 0) is 61.3 Å². The molecule has 0 saturated carbocycles. The number of likely N-dealkylation sites (tertiary alicyclic amines) is 1. The van der Waals surface area contributed by atoms with Crippen LogP contribution >= 0.6 is 0 Å². The number of piperidine rings is 1. The van der Waals surface area contributed by atoms with E-state index in [0.29, 0.717) is 0 Å². The lowest BCUT2D eigenvalue weighted by Crippen LogP contribution is -2.28. The first-order valence-corrected chi connectivity index (χ1v) is 9.91. The van der Waals surface area contributed by atoms with E-state index in [1.165, 1.54) is 54.6 Å². The summed E-state index contributed by atoms with van der Waals surface area (Å²) < 4.78 is 0. The zero-order chi connectivity index (χ0) is 17.5. The first-order valence-electron chi connectivity index (χ1n) is 9.91. The van der Waals surface area contributed by atoms with Crippen LogP contribution in [0.3, 0.4) is 0 Å². The van der Waals surface area contributed by atoms with Crippen LogP contribution in [0.2, 0.25) is 0 Å². The van der Waals surface area contributed by atoms with E-state index in [-0.39, 0.29) is 0 Å². The molecule has 0 radical (unpaired) electrons. The summed E-state index contributed by atoms with van der Waals surface area (Å²) in [6.07, 6.45) is 4.12. The van der Waals surface area contributed by atoms with E-state index in [4.69, 9.17) is 0 Å². The molecule has 0 unspecified atom stereocenters. The predicted octanol–water partition coefficient (Wildman–Crippen LogP) is 5.18. The zero-order valence-electron chi connectivity index (χ0n) is 15.9. The summed E-state index contributed by atoms with van der Waals surface area (Å²) in [5.74, 6) is 0. The molecule has 1 fully saturated rings. The van der Waals surface area contributed by atoms with Gasteiger partial charge in [0.2, 0.25) is 0 Å². The monoisotopic (exact) mass is 336 g/mol. The molecule has 2 heteroatoms. The van der Waals surface area contributed by atoms with Gasteiger partial charge in [0.05, 0.1) is 0 Å². The highest BCUT2D eigenvalue weighted by molar-refractivity contribution is 5.63. The number of benzene rings is 2. The Bertz CT molecular complexity index is 620. The van der Waals surface area contributed by atoms with Crippen molar-refractivity contribution in [3.05, 3.63) is 59.7 Å². The van der Waals surface area contributed by atoms with Gasteiger partial charge in [-0.2, -0.15) is 0 Å². The number of hydrogen-bond acceptors (Lipinski definition) is 2. The quantitative estimate of drug-likeness (QED) is 0.687. The summed E-state index contributed by atoms with van der Waals surface area (Å²) in [6.45, 7) is 11.3. The second kappa shape index (κ2) is 9.17. The van der Waals surface area contributed by atoms with Crippen molar-refractivity contribution in [1.29, 1.82) is 0 Å². The summed E-state index contributed by atoms with van der Waals surface area (Å²) in [6, 6.07) is 18.2. The molecule has 1 aliphatic heterocycles. The van der Waals surface area contributed by atoms with Crippen LogP contribution in [0, 0.1) is 0 Å². The molecule has 0 amide bonds. The van der Waals surface area contributed by atoms with Crippen molar-refractivity contribution in [3.63, 3.8) is 0 Å². The Morgan fingerprint density at radius 3 is 1.76 bits per heavy atom. The summed E-state index contributed by atoms with van der Waals surface area (Å²) in [7, 11) is 0. The Balaban J connectivity index is 1.61. The molecule has 0 bridgehead atoms. The van der Waals surface area contributed by atoms with E-state index in [2.05, 4.69) is 72.2 Å². The molecule has 3 rings (SSSR count). The van der Waals surface area contributed by atoms with Crippen LogP contribution in [0.5, 0.6) is 0 Å². The fourth-order valence-corrected chi connectivity index (χ4v) is 3.69. The fourth-order valence-electron chi connectivity index (χ4n) is 3.69. The molecule has 2 aromatic carbocycles. The normalized spacial score (nSPS) is 15.6. The van der Waals surface area contributed by atoms with E-state index in [9.17, 15) is 0 Å². The molecular weight excluding hydrogens is 304 g/mol. The lowest BCUT2D eigenvalue weighted by atomic mass is 10.0. The van der Waals surface area contributed by atoms with Crippen molar-refractivity contribution in [2.75, 3.05) is 26.2 Å². The van der Waals surface area contributed by atoms with Gasteiger partial charge in [-0.15, -0.1) is 0 Å². The van der Waals surface area contributed by atoms with E-state index in [1.54, 1.807) is 0 Å². The van der Waals surface area contributed by atoms with Crippen LogP contribution in [0.1, 0.15) is 44.2 Å². The van der Waals surface area contributed by atoms with Gasteiger partial charge < -0.3 is 0 Å². The number of hydrogen-bond donors (Lipinski definition) is 0. The molecule has 2 nitrogen and oxygen atoms in total. The standard InChI is InChI=1S/C23H32N2/c1-3-24(4-2)18-20-8-12-22(13-9-20)23-14-10-21(11-15-23)19-25-16-6-5-7-17-25/h8-15H,3-7,16-19H2,1-2H3. The maximum atomic E-state index is 2.58. The highest BCUT2D eigenvalue weighted by Gasteiger charge is 2.10. The van der Waals surface area contributed by atoms with Crippen LogP contribution in [0.15, 0.2) is 48.5 Å². The summed E-state index contributed by atoms with van der Waals surface area (Å²) in [5.41, 5.74) is 5.46. The first-order chi connectivity index (χ1) is 12.3. The van der Waals surface area contributed by atoms with Gasteiger partial charge in [0.25, 0.3) is 0 Å². The smallest absolute Gasteiger partial charge is 0.0233 e. The molecule has 0 aliphatic carbocycles. The molecule has 25 heavy (non-hydrogen) atoms. The Hall–Kier alpha value is -1.64. The average molecular weight is 337 g/mol. The van der Waals surface area contributed by atoms with Crippen molar-refractivity contribution in [1.82, 2.24) is 9.80 Å². The van der Waals surface area contributed by atoms with Gasteiger partial charge in [0, 0.05) is 13.1 Å². The minimum atomic E-state index is 1.04. The molecule has 134 valence electrons. The van der Waals surface area contributed by atoms with Crippen molar-refractivity contribution in [3.8, 4) is 11.1 Å². The van der Waals surface area contributed by atoms with Gasteiger partial charge >= 0.3 is 0 Å². The lowest BCUT2D eigenvalue weighted by Gasteiger charge is -2.26. The Morgan fingerprint density at radius 2 is 1.24 bits per heavy atom. The first kappa shape index (κ1) is 18.2. The Labute approximate surface area is 153 Å². The predicted molar refractivity (Wildman–Crippen MR) is 108 cm³/mol. The van der Waals surface area contributed by atoms with Gasteiger partial charge in [0.15, 0.2) is 0 Å². The van der Waals surface area contributed by atoms with Crippen LogP contribution in [0.4, 0.5) is 0 Å². The van der Waals surface area contributed by atoms with Gasteiger partial charge in [-0.3, -0.25) is 9.80 Å². The highest BCUT2D eigenvalue weighted by atomic mass is 15.1. The molecule has 0 aromatic heterocycles. The Morgan fingerprint density at radius 1 is 0.720 bits per heavy atom. The maximum absolute atomic E-state index is 2.58. The SMILES string of the molecule is CCN(CC)Cc1ccc(-c2ccc(CN3CCCCC3)cc2)cc1. The van der Waals surface area contributed by atoms with Crippen LogP contribution in [-0.2, 0) is 13.1 Å². The zero-order valence-corrected chi connectivity index (χ0v) is 15.9. The van der Waals surface area contributed by atoms with E-state index < -0.39 is 0 Å². The lowest BCUT2D eigenvalue weighted by molar-refractivity contribution is 0.221. The average Bonchev–Trinajstić information content (AvgIpc) is 2.68. The second-order valence-corrected chi connectivity index (χ2v) is 7.19. The number of rotatable bonds is 7. The van der Waals surface area contributed by atoms with Crippen LogP contribution < -0.4 is 0 Å². The van der Waals surface area contributed by atoms with Gasteiger partial charge in [0.1, 0.15) is 0 Å². The third-order valence-corrected chi connectivity index (χ3v) is 5.40. The molecule has 1 saturated heterocycles. The van der Waals surface area contributed by atoms with Gasteiger partial charge in [-0.1, -0.05) is 68.8 Å². The van der Waals surface area contributed by atoms with E-state index in [1.807, 2.05) is 0 Å². The summed E-state index contributed by atoms with van der Waals surface area (Å²) in [5, 5.41) is 0. The molecule has 0 atom stereocenters. The van der Waals surface area contributed by atoms with Crippen LogP contribution in [-0.4, -0.2) is 36.0 Å². The highest BCUT2D eigenvalue weighted by Crippen LogP contribution is 2.22. The largest absolute Gasteiger partial charge is 0.300 e. The maximum Gasteiger partial charge on any atom is 0.0233 e. The molecule has 0 spiro atoms. The third kappa shape index (κ3) is 5.17. The topological polar surface area (TPSA) is 6.48 Å². The molecule has 1 aliphatic rings. The Kier molecular flexibility index (Phi) is 6.66. The summed E-state index contributed by atoms with van der Waals surface area (Å²) >= 11 is 0. The molecule has 0 N–H and O–H groups in total. The number of nitrogens with zero attached hydrogens (tertiary/aromatic N) is 2. The summed E-state index contributed by atoms with van der Waals surface area (Å²) in [4.78, 5) is 5.03. The minimum Gasteiger partial charge on any atom is -0.300 e. The molecule has 1 heterocycles. The van der Waals surface area contributed by atoms with Crippen LogP contribution in [0.25, 0.3) is 11.1 Å². The molecular formula is C23H32N2. The van der Waals surface area contributed by atoms with Crippen molar-refractivity contribution in [2.45, 2.75) is 46.2 Å². The van der Waals surface area contributed by atoms with Crippen molar-refractivity contribution >= 4 is 0 Å². The second-order valence-electron chi connectivity index (χ2n) is 7.19. The molecule has 2 aromatic rings. The fraction of sp³-hybridized carbons (Fsp3) is 0.478. The third-order valence-electron chi connectivity index (χ3n) is 5.40. The van der Waals surface area contributed by atoms with E-state index >= 15 is 0 Å². The van der Waals surface area contributed by atoms with Crippen molar-refractivity contribution in [2.24, 2.45) is 0 Å². The van der Waals surface area contributed by atoms with E-state index in [0.717, 1.165) is 26.2 Å².